The van der Waals surface area contributed by atoms with Crippen molar-refractivity contribution >= 4 is 5.91 Å². The summed E-state index contributed by atoms with van der Waals surface area (Å²) in [4.78, 5) is 11.8. The molecule has 2 N–H and O–H groups in total. The molecule has 19 heavy (non-hydrogen) atoms. The van der Waals surface area contributed by atoms with Gasteiger partial charge in [0.2, 0.25) is 5.91 Å². The van der Waals surface area contributed by atoms with E-state index < -0.39 is 6.61 Å². The van der Waals surface area contributed by atoms with E-state index in [0.717, 1.165) is 24.9 Å². The summed E-state index contributed by atoms with van der Waals surface area (Å²) in [7, 11) is 0. The fourth-order valence-corrected chi connectivity index (χ4v) is 2.05. The normalized spacial score (nSPS) is 18.6. The number of carbonyl (C=O) groups is 1. The minimum atomic E-state index is -2.84. The number of alkyl halides is 2. The molecule has 1 amide bonds. The molecule has 6 heteroatoms. The number of ether oxygens (including phenoxy) is 1. The summed E-state index contributed by atoms with van der Waals surface area (Å²) in [5.74, 6) is 0.0402. The molecule has 0 bridgehead atoms. The Balaban J connectivity index is 1.86. The van der Waals surface area contributed by atoms with E-state index in [0.29, 0.717) is 6.54 Å². The highest BCUT2D eigenvalue weighted by Crippen LogP contribution is 2.16. The number of halogens is 2. The summed E-state index contributed by atoms with van der Waals surface area (Å²) in [5, 5.41) is 5.87. The lowest BCUT2D eigenvalue weighted by molar-refractivity contribution is -0.122. The number of carbonyl (C=O) groups excluding carboxylic acids is 1. The second-order valence-electron chi connectivity index (χ2n) is 4.39. The molecule has 1 atom stereocenters. The lowest BCUT2D eigenvalue weighted by Gasteiger charge is -2.11. The molecule has 4 nitrogen and oxygen atoms in total. The molecule has 1 saturated heterocycles. The zero-order chi connectivity index (χ0) is 13.7. The number of hydrogen-bond donors (Lipinski definition) is 2. The van der Waals surface area contributed by atoms with Crippen LogP contribution in [0.25, 0.3) is 0 Å². The lowest BCUT2D eigenvalue weighted by Crippen LogP contribution is -2.39. The van der Waals surface area contributed by atoms with Crippen molar-refractivity contribution < 1.29 is 18.3 Å². The fraction of sp³-hybridized carbons (Fsp3) is 0.462. The van der Waals surface area contributed by atoms with Crippen LogP contribution in [0.15, 0.2) is 24.3 Å². The molecule has 0 saturated carbocycles. The van der Waals surface area contributed by atoms with E-state index in [4.69, 9.17) is 0 Å². The van der Waals surface area contributed by atoms with Crippen molar-refractivity contribution in [3.05, 3.63) is 29.8 Å². The van der Waals surface area contributed by atoms with Gasteiger partial charge < -0.3 is 15.4 Å². The van der Waals surface area contributed by atoms with Gasteiger partial charge in [0, 0.05) is 6.54 Å². The summed E-state index contributed by atoms with van der Waals surface area (Å²) in [6, 6.07) is 6.18. The average Bonchev–Trinajstić information content (AvgIpc) is 2.89. The summed E-state index contributed by atoms with van der Waals surface area (Å²) in [6.45, 7) is -1.68. The molecular weight excluding hydrogens is 254 g/mol. The third kappa shape index (κ3) is 4.17. The zero-order valence-electron chi connectivity index (χ0n) is 10.4. The van der Waals surface area contributed by atoms with Gasteiger partial charge in [-0.15, -0.1) is 0 Å². The standard InChI is InChI=1S/C13H16F2N2O2/c14-13(15)19-10-4-1-3-9(7-10)8-17-12(18)11-5-2-6-16-11/h1,3-4,7,11,13,16H,2,5-6,8H2,(H,17,18). The number of amides is 1. The molecule has 1 aromatic rings. The van der Waals surface area contributed by atoms with Crippen LogP contribution in [0.4, 0.5) is 8.78 Å². The maximum absolute atomic E-state index is 12.1. The minimum absolute atomic E-state index is 0.0577. The molecular formula is C13H16F2N2O2. The van der Waals surface area contributed by atoms with Crippen LogP contribution in [0.3, 0.4) is 0 Å². The van der Waals surface area contributed by atoms with E-state index >= 15 is 0 Å². The van der Waals surface area contributed by atoms with Gasteiger partial charge in [0.25, 0.3) is 0 Å². The van der Waals surface area contributed by atoms with Gasteiger partial charge in [0.1, 0.15) is 5.75 Å². The van der Waals surface area contributed by atoms with Crippen LogP contribution < -0.4 is 15.4 Å². The fourth-order valence-electron chi connectivity index (χ4n) is 2.05. The SMILES string of the molecule is O=C(NCc1cccc(OC(F)F)c1)C1CCCN1. The molecule has 2 rings (SSSR count). The van der Waals surface area contributed by atoms with Crippen molar-refractivity contribution in [2.45, 2.75) is 32.0 Å². The van der Waals surface area contributed by atoms with Crippen molar-refractivity contribution in [2.75, 3.05) is 6.54 Å². The smallest absolute Gasteiger partial charge is 0.387 e. The Bertz CT molecular complexity index is 434. The van der Waals surface area contributed by atoms with Gasteiger partial charge in [0.15, 0.2) is 0 Å². The van der Waals surface area contributed by atoms with Gasteiger partial charge in [0.05, 0.1) is 6.04 Å². The third-order valence-corrected chi connectivity index (χ3v) is 2.97. The van der Waals surface area contributed by atoms with Crippen molar-refractivity contribution in [2.24, 2.45) is 0 Å². The maximum Gasteiger partial charge on any atom is 0.387 e. The quantitative estimate of drug-likeness (QED) is 0.855. The Morgan fingerprint density at radius 2 is 2.37 bits per heavy atom. The summed E-state index contributed by atoms with van der Waals surface area (Å²) < 4.78 is 28.4. The highest BCUT2D eigenvalue weighted by atomic mass is 19.3. The molecule has 1 heterocycles. The summed E-state index contributed by atoms with van der Waals surface area (Å²) in [5.41, 5.74) is 0.726. The highest BCUT2D eigenvalue weighted by molar-refractivity contribution is 5.81. The molecule has 0 radical (unpaired) electrons. The van der Waals surface area contributed by atoms with E-state index in [-0.39, 0.29) is 17.7 Å². The second kappa shape index (κ2) is 6.47. The first-order chi connectivity index (χ1) is 9.15. The van der Waals surface area contributed by atoms with Crippen LogP contribution in [0, 0.1) is 0 Å². The van der Waals surface area contributed by atoms with Crippen LogP contribution >= 0.6 is 0 Å². The van der Waals surface area contributed by atoms with Crippen LogP contribution in [0.5, 0.6) is 5.75 Å². The van der Waals surface area contributed by atoms with Crippen LogP contribution in [-0.2, 0) is 11.3 Å². The molecule has 1 aromatic carbocycles. The second-order valence-corrected chi connectivity index (χ2v) is 4.39. The molecule has 0 aliphatic carbocycles. The summed E-state index contributed by atoms with van der Waals surface area (Å²) >= 11 is 0. The van der Waals surface area contributed by atoms with Gasteiger partial charge in [-0.3, -0.25) is 4.79 Å². The molecule has 1 fully saturated rings. The molecule has 0 spiro atoms. The van der Waals surface area contributed by atoms with Gasteiger partial charge in [-0.2, -0.15) is 8.78 Å². The van der Waals surface area contributed by atoms with E-state index in [2.05, 4.69) is 15.4 Å². The zero-order valence-corrected chi connectivity index (χ0v) is 10.4. The van der Waals surface area contributed by atoms with E-state index in [1.54, 1.807) is 12.1 Å². The van der Waals surface area contributed by atoms with Gasteiger partial charge in [-0.1, -0.05) is 12.1 Å². The Labute approximate surface area is 110 Å². The van der Waals surface area contributed by atoms with Crippen molar-refractivity contribution in [3.8, 4) is 5.75 Å². The van der Waals surface area contributed by atoms with Crippen LogP contribution in [0.2, 0.25) is 0 Å². The average molecular weight is 270 g/mol. The molecule has 1 aliphatic rings. The van der Waals surface area contributed by atoms with Crippen molar-refractivity contribution in [1.82, 2.24) is 10.6 Å². The van der Waals surface area contributed by atoms with Crippen molar-refractivity contribution in [3.63, 3.8) is 0 Å². The third-order valence-electron chi connectivity index (χ3n) is 2.97. The minimum Gasteiger partial charge on any atom is -0.435 e. The predicted molar refractivity (Wildman–Crippen MR) is 65.9 cm³/mol. The summed E-state index contributed by atoms with van der Waals surface area (Å²) in [6.07, 6.45) is 1.83. The molecule has 0 aromatic heterocycles. The van der Waals surface area contributed by atoms with Crippen LogP contribution in [0.1, 0.15) is 18.4 Å². The topological polar surface area (TPSA) is 50.4 Å². The first-order valence-corrected chi connectivity index (χ1v) is 6.20. The highest BCUT2D eigenvalue weighted by Gasteiger charge is 2.21. The number of rotatable bonds is 5. The molecule has 1 aliphatic heterocycles. The lowest BCUT2D eigenvalue weighted by atomic mass is 10.2. The monoisotopic (exact) mass is 270 g/mol. The van der Waals surface area contributed by atoms with Gasteiger partial charge >= 0.3 is 6.61 Å². The van der Waals surface area contributed by atoms with Crippen molar-refractivity contribution in [1.29, 1.82) is 0 Å². The van der Waals surface area contributed by atoms with Gasteiger partial charge in [-0.05, 0) is 37.1 Å². The largest absolute Gasteiger partial charge is 0.435 e. The first-order valence-electron chi connectivity index (χ1n) is 6.20. The molecule has 1 unspecified atom stereocenters. The number of nitrogens with one attached hydrogen (secondary N) is 2. The molecule has 104 valence electrons. The Morgan fingerprint density at radius 3 is 3.05 bits per heavy atom. The van der Waals surface area contributed by atoms with E-state index in [1.165, 1.54) is 12.1 Å². The maximum atomic E-state index is 12.1. The Morgan fingerprint density at radius 1 is 1.53 bits per heavy atom. The van der Waals surface area contributed by atoms with Crippen LogP contribution in [-0.4, -0.2) is 25.1 Å². The number of hydrogen-bond acceptors (Lipinski definition) is 3. The van der Waals surface area contributed by atoms with E-state index in [9.17, 15) is 13.6 Å². The predicted octanol–water partition coefficient (Wildman–Crippen LogP) is 1.66. The van der Waals surface area contributed by atoms with E-state index in [1.807, 2.05) is 0 Å². The first kappa shape index (κ1) is 13.7. The Hall–Kier alpha value is -1.69. The number of benzene rings is 1. The Kier molecular flexibility index (Phi) is 4.68. The van der Waals surface area contributed by atoms with Gasteiger partial charge in [-0.25, -0.2) is 0 Å².